The SMILES string of the molecule is COc1oc(C(=O)Nc2nn[nH]n2)c2c(-c3ccccc3)cccc12. The largest absolute Gasteiger partial charge is 0.468 e. The van der Waals surface area contributed by atoms with E-state index in [1.807, 2.05) is 48.5 Å². The highest BCUT2D eigenvalue weighted by Gasteiger charge is 2.23. The number of H-pyrrole nitrogens is 1. The fourth-order valence-corrected chi connectivity index (χ4v) is 2.71. The zero-order valence-electron chi connectivity index (χ0n) is 13.2. The van der Waals surface area contributed by atoms with Crippen molar-refractivity contribution in [3.05, 3.63) is 54.3 Å². The number of hydrogen-bond acceptors (Lipinski definition) is 6. The second kappa shape index (κ2) is 6.08. The van der Waals surface area contributed by atoms with E-state index < -0.39 is 5.91 Å². The van der Waals surface area contributed by atoms with E-state index in [1.54, 1.807) is 0 Å². The molecule has 0 unspecified atom stereocenters. The van der Waals surface area contributed by atoms with Gasteiger partial charge in [0, 0.05) is 5.39 Å². The third kappa shape index (κ3) is 2.59. The molecule has 0 radical (unpaired) electrons. The molecule has 0 aliphatic heterocycles. The summed E-state index contributed by atoms with van der Waals surface area (Å²) in [5.41, 5.74) is 1.83. The number of hydrogen-bond donors (Lipinski definition) is 2. The molecule has 0 saturated heterocycles. The summed E-state index contributed by atoms with van der Waals surface area (Å²) in [6.45, 7) is 0. The summed E-state index contributed by atoms with van der Waals surface area (Å²) in [5, 5.41) is 17.0. The van der Waals surface area contributed by atoms with Gasteiger partial charge in [-0.05, 0) is 22.4 Å². The normalized spacial score (nSPS) is 10.8. The van der Waals surface area contributed by atoms with Crippen LogP contribution in [0.2, 0.25) is 0 Å². The number of rotatable bonds is 4. The predicted octanol–water partition coefficient (Wildman–Crippen LogP) is 2.87. The highest BCUT2D eigenvalue weighted by molar-refractivity contribution is 6.15. The van der Waals surface area contributed by atoms with Crippen molar-refractivity contribution in [3.63, 3.8) is 0 Å². The van der Waals surface area contributed by atoms with Crippen LogP contribution in [0.1, 0.15) is 10.6 Å². The van der Waals surface area contributed by atoms with Crippen LogP contribution in [-0.4, -0.2) is 33.6 Å². The summed E-state index contributed by atoms with van der Waals surface area (Å²) in [5.74, 6) is -0.0362. The number of ether oxygens (including phenoxy) is 1. The summed E-state index contributed by atoms with van der Waals surface area (Å²) < 4.78 is 11.0. The van der Waals surface area contributed by atoms with E-state index in [1.165, 1.54) is 7.11 Å². The number of fused-ring (bicyclic) bond motifs is 1. The maximum absolute atomic E-state index is 12.7. The van der Waals surface area contributed by atoms with Gasteiger partial charge in [-0.25, -0.2) is 0 Å². The minimum absolute atomic E-state index is 0.0608. The van der Waals surface area contributed by atoms with Gasteiger partial charge in [0.15, 0.2) is 0 Å². The number of nitrogens with one attached hydrogen (secondary N) is 2. The van der Waals surface area contributed by atoms with Crippen LogP contribution in [0.25, 0.3) is 21.9 Å². The van der Waals surface area contributed by atoms with E-state index in [2.05, 4.69) is 25.9 Å². The van der Waals surface area contributed by atoms with Crippen LogP contribution in [0.3, 0.4) is 0 Å². The van der Waals surface area contributed by atoms with Crippen molar-refractivity contribution in [3.8, 4) is 17.1 Å². The van der Waals surface area contributed by atoms with E-state index in [-0.39, 0.29) is 17.7 Å². The van der Waals surface area contributed by atoms with Gasteiger partial charge in [0.05, 0.1) is 12.5 Å². The molecule has 4 rings (SSSR count). The number of methoxy groups -OCH3 is 1. The van der Waals surface area contributed by atoms with Crippen LogP contribution in [0.15, 0.2) is 52.9 Å². The monoisotopic (exact) mass is 335 g/mol. The Labute approximate surface area is 141 Å². The Morgan fingerprint density at radius 2 is 2.00 bits per heavy atom. The van der Waals surface area contributed by atoms with Gasteiger partial charge < -0.3 is 9.15 Å². The first-order valence-electron chi connectivity index (χ1n) is 7.47. The third-order valence-corrected chi connectivity index (χ3v) is 3.75. The van der Waals surface area contributed by atoms with Crippen LogP contribution in [-0.2, 0) is 0 Å². The van der Waals surface area contributed by atoms with E-state index in [0.29, 0.717) is 10.8 Å². The van der Waals surface area contributed by atoms with Crippen molar-refractivity contribution in [1.29, 1.82) is 0 Å². The molecule has 0 atom stereocenters. The quantitative estimate of drug-likeness (QED) is 0.594. The van der Waals surface area contributed by atoms with Crippen molar-refractivity contribution < 1.29 is 13.9 Å². The van der Waals surface area contributed by atoms with Crippen LogP contribution >= 0.6 is 0 Å². The molecule has 0 bridgehead atoms. The topological polar surface area (TPSA) is 106 Å². The number of carbonyl (C=O) groups excluding carboxylic acids is 1. The average Bonchev–Trinajstić information content (AvgIpc) is 3.29. The Balaban J connectivity index is 1.90. The zero-order chi connectivity index (χ0) is 17.2. The van der Waals surface area contributed by atoms with E-state index in [9.17, 15) is 4.79 Å². The molecule has 8 nitrogen and oxygen atoms in total. The smallest absolute Gasteiger partial charge is 0.294 e. The number of tetrazole rings is 1. The molecule has 4 aromatic rings. The lowest BCUT2D eigenvalue weighted by Crippen LogP contribution is -2.12. The van der Waals surface area contributed by atoms with Crippen molar-refractivity contribution in [1.82, 2.24) is 20.6 Å². The molecule has 0 aliphatic carbocycles. The first kappa shape index (κ1) is 14.9. The van der Waals surface area contributed by atoms with Gasteiger partial charge in [0.2, 0.25) is 5.76 Å². The lowest BCUT2D eigenvalue weighted by atomic mass is 9.99. The van der Waals surface area contributed by atoms with Crippen LogP contribution in [0.5, 0.6) is 5.95 Å². The van der Waals surface area contributed by atoms with Gasteiger partial charge in [0.1, 0.15) is 0 Å². The highest BCUT2D eigenvalue weighted by Crippen LogP contribution is 2.38. The first-order valence-corrected chi connectivity index (χ1v) is 7.47. The minimum Gasteiger partial charge on any atom is -0.468 e. The number of benzene rings is 2. The molecule has 0 saturated carbocycles. The standard InChI is InChI=1S/C17H13N5O3/c1-24-16-12-9-5-8-11(10-6-3-2-4-7-10)13(12)14(25-16)15(23)18-17-19-21-22-20-17/h2-9H,1H3,(H2,18,19,20,21,22,23). The third-order valence-electron chi connectivity index (χ3n) is 3.75. The maximum Gasteiger partial charge on any atom is 0.294 e. The lowest BCUT2D eigenvalue weighted by Gasteiger charge is -2.05. The number of furan rings is 1. The fourth-order valence-electron chi connectivity index (χ4n) is 2.71. The van der Waals surface area contributed by atoms with Crippen molar-refractivity contribution in [2.45, 2.75) is 0 Å². The Morgan fingerprint density at radius 3 is 2.72 bits per heavy atom. The number of carbonyl (C=O) groups is 1. The second-order valence-electron chi connectivity index (χ2n) is 5.21. The van der Waals surface area contributed by atoms with Crippen molar-refractivity contribution in [2.24, 2.45) is 0 Å². The Kier molecular flexibility index (Phi) is 3.62. The van der Waals surface area contributed by atoms with E-state index in [0.717, 1.165) is 11.1 Å². The van der Waals surface area contributed by atoms with Gasteiger partial charge in [-0.1, -0.05) is 47.6 Å². The molecule has 8 heteroatoms. The van der Waals surface area contributed by atoms with Gasteiger partial charge >= 0.3 is 0 Å². The number of amides is 1. The Morgan fingerprint density at radius 1 is 1.16 bits per heavy atom. The molecule has 25 heavy (non-hydrogen) atoms. The van der Waals surface area contributed by atoms with Crippen LogP contribution < -0.4 is 10.1 Å². The molecule has 2 heterocycles. The van der Waals surface area contributed by atoms with Crippen molar-refractivity contribution >= 4 is 22.6 Å². The molecule has 2 aromatic carbocycles. The summed E-state index contributed by atoms with van der Waals surface area (Å²) in [4.78, 5) is 12.7. The second-order valence-corrected chi connectivity index (χ2v) is 5.21. The zero-order valence-corrected chi connectivity index (χ0v) is 13.2. The van der Waals surface area contributed by atoms with Crippen LogP contribution in [0, 0.1) is 0 Å². The lowest BCUT2D eigenvalue weighted by molar-refractivity contribution is 0.0992. The maximum atomic E-state index is 12.7. The minimum atomic E-state index is -0.488. The number of anilines is 1. The van der Waals surface area contributed by atoms with Gasteiger partial charge in [-0.3, -0.25) is 10.1 Å². The molecule has 2 N–H and O–H groups in total. The van der Waals surface area contributed by atoms with Gasteiger partial charge in [0.25, 0.3) is 17.8 Å². The number of nitrogens with zero attached hydrogens (tertiary/aromatic N) is 3. The molecule has 0 fully saturated rings. The van der Waals surface area contributed by atoms with Gasteiger partial charge in [-0.2, -0.15) is 5.21 Å². The first-order chi connectivity index (χ1) is 12.3. The molecule has 2 aromatic heterocycles. The average molecular weight is 335 g/mol. The summed E-state index contributed by atoms with van der Waals surface area (Å²) in [7, 11) is 1.49. The molecule has 1 amide bonds. The molecular formula is C17H13N5O3. The highest BCUT2D eigenvalue weighted by atomic mass is 16.6. The van der Waals surface area contributed by atoms with E-state index in [4.69, 9.17) is 9.15 Å². The summed E-state index contributed by atoms with van der Waals surface area (Å²) >= 11 is 0. The van der Waals surface area contributed by atoms with Crippen LogP contribution in [0.4, 0.5) is 5.95 Å². The number of aromatic nitrogens is 4. The summed E-state index contributed by atoms with van der Waals surface area (Å²) in [6.07, 6.45) is 0. The molecule has 124 valence electrons. The van der Waals surface area contributed by atoms with Crippen molar-refractivity contribution in [2.75, 3.05) is 12.4 Å². The molecule has 0 spiro atoms. The van der Waals surface area contributed by atoms with Gasteiger partial charge in [-0.15, -0.1) is 5.10 Å². The van der Waals surface area contributed by atoms with E-state index >= 15 is 0 Å². The molecule has 0 aliphatic rings. The Bertz CT molecular complexity index is 1030. The number of aromatic amines is 1. The molecular weight excluding hydrogens is 322 g/mol. The summed E-state index contributed by atoms with van der Waals surface area (Å²) in [6, 6.07) is 15.4. The Hall–Kier alpha value is -3.68. The fraction of sp³-hybridized carbons (Fsp3) is 0.0588. The predicted molar refractivity (Wildman–Crippen MR) is 90.3 cm³/mol.